The Labute approximate surface area is 119 Å². The highest BCUT2D eigenvalue weighted by Gasteiger charge is 2.07. The van der Waals surface area contributed by atoms with Gasteiger partial charge in [-0.3, -0.25) is 4.79 Å². The van der Waals surface area contributed by atoms with Crippen molar-refractivity contribution < 1.29 is 9.90 Å². The number of carboxylic acids is 1. The SMILES string of the molecule is Cc1ccc(Nc2ccccc2C)c(CCC(=O)O)c1. The number of carboxylic acid groups (broad SMARTS) is 1. The van der Waals surface area contributed by atoms with Gasteiger partial charge in [0.05, 0.1) is 0 Å². The van der Waals surface area contributed by atoms with Crippen LogP contribution in [-0.2, 0) is 11.2 Å². The average Bonchev–Trinajstić information content (AvgIpc) is 2.41. The zero-order valence-corrected chi connectivity index (χ0v) is 11.8. The number of rotatable bonds is 5. The summed E-state index contributed by atoms with van der Waals surface area (Å²) in [6, 6.07) is 14.2. The van der Waals surface area contributed by atoms with Gasteiger partial charge in [0.25, 0.3) is 0 Å². The first-order chi connectivity index (χ1) is 9.56. The lowest BCUT2D eigenvalue weighted by Crippen LogP contribution is -2.02. The van der Waals surface area contributed by atoms with Crippen molar-refractivity contribution in [2.24, 2.45) is 0 Å². The van der Waals surface area contributed by atoms with Gasteiger partial charge in [-0.1, -0.05) is 35.9 Å². The summed E-state index contributed by atoms with van der Waals surface area (Å²) in [6.45, 7) is 4.06. The van der Waals surface area contributed by atoms with Crippen molar-refractivity contribution in [3.8, 4) is 0 Å². The number of aryl methyl sites for hydroxylation is 3. The van der Waals surface area contributed by atoms with E-state index in [4.69, 9.17) is 5.11 Å². The molecule has 20 heavy (non-hydrogen) atoms. The number of aliphatic carboxylic acids is 1. The van der Waals surface area contributed by atoms with Crippen molar-refractivity contribution in [2.75, 3.05) is 5.32 Å². The van der Waals surface area contributed by atoms with Crippen molar-refractivity contribution in [1.29, 1.82) is 0 Å². The second-order valence-electron chi connectivity index (χ2n) is 4.99. The van der Waals surface area contributed by atoms with E-state index < -0.39 is 5.97 Å². The lowest BCUT2D eigenvalue weighted by molar-refractivity contribution is -0.136. The van der Waals surface area contributed by atoms with Gasteiger partial charge in [-0.2, -0.15) is 0 Å². The lowest BCUT2D eigenvalue weighted by Gasteiger charge is -2.14. The molecule has 2 rings (SSSR count). The molecule has 0 aliphatic carbocycles. The second kappa shape index (κ2) is 6.24. The van der Waals surface area contributed by atoms with E-state index >= 15 is 0 Å². The van der Waals surface area contributed by atoms with Crippen LogP contribution in [0.25, 0.3) is 0 Å². The van der Waals surface area contributed by atoms with Gasteiger partial charge in [-0.15, -0.1) is 0 Å². The van der Waals surface area contributed by atoms with Crippen molar-refractivity contribution in [3.05, 3.63) is 59.2 Å². The molecule has 0 heterocycles. The van der Waals surface area contributed by atoms with Crippen LogP contribution < -0.4 is 5.32 Å². The zero-order chi connectivity index (χ0) is 14.5. The third-order valence-corrected chi connectivity index (χ3v) is 3.28. The molecule has 104 valence electrons. The Morgan fingerprint density at radius 1 is 1.10 bits per heavy atom. The monoisotopic (exact) mass is 269 g/mol. The van der Waals surface area contributed by atoms with Gasteiger partial charge in [-0.25, -0.2) is 0 Å². The molecule has 3 nitrogen and oxygen atoms in total. The molecule has 2 aromatic rings. The minimum Gasteiger partial charge on any atom is -0.481 e. The molecule has 0 aliphatic heterocycles. The van der Waals surface area contributed by atoms with E-state index in [0.29, 0.717) is 6.42 Å². The quantitative estimate of drug-likeness (QED) is 0.860. The Balaban J connectivity index is 2.26. The molecule has 3 heteroatoms. The Morgan fingerprint density at radius 2 is 1.85 bits per heavy atom. The van der Waals surface area contributed by atoms with Crippen molar-refractivity contribution in [1.82, 2.24) is 0 Å². The Morgan fingerprint density at radius 3 is 2.55 bits per heavy atom. The van der Waals surface area contributed by atoms with Gasteiger partial charge in [-0.05, 0) is 43.5 Å². The maximum absolute atomic E-state index is 10.8. The standard InChI is InChI=1S/C17H19NO2/c1-12-7-9-16(14(11-12)8-10-17(19)20)18-15-6-4-3-5-13(15)2/h3-7,9,11,18H,8,10H2,1-2H3,(H,19,20). The fraction of sp³-hybridized carbons (Fsp3) is 0.235. The average molecular weight is 269 g/mol. The molecule has 0 unspecified atom stereocenters. The van der Waals surface area contributed by atoms with E-state index in [1.807, 2.05) is 56.3 Å². The number of anilines is 2. The van der Waals surface area contributed by atoms with Crippen LogP contribution in [0.4, 0.5) is 11.4 Å². The van der Waals surface area contributed by atoms with Gasteiger partial charge in [0.1, 0.15) is 0 Å². The van der Waals surface area contributed by atoms with E-state index in [9.17, 15) is 4.79 Å². The molecule has 0 amide bonds. The van der Waals surface area contributed by atoms with Crippen LogP contribution in [0, 0.1) is 13.8 Å². The summed E-state index contributed by atoms with van der Waals surface area (Å²) < 4.78 is 0. The third kappa shape index (κ3) is 3.60. The maximum atomic E-state index is 10.8. The van der Waals surface area contributed by atoms with Crippen LogP contribution in [0.5, 0.6) is 0 Å². The van der Waals surface area contributed by atoms with Crippen LogP contribution in [0.15, 0.2) is 42.5 Å². The van der Waals surface area contributed by atoms with Gasteiger partial charge in [0.15, 0.2) is 0 Å². The van der Waals surface area contributed by atoms with Crippen LogP contribution in [0.2, 0.25) is 0 Å². The summed E-state index contributed by atoms with van der Waals surface area (Å²) in [6.07, 6.45) is 0.678. The van der Waals surface area contributed by atoms with Crippen LogP contribution in [0.3, 0.4) is 0 Å². The van der Waals surface area contributed by atoms with Crippen LogP contribution in [0.1, 0.15) is 23.1 Å². The van der Waals surface area contributed by atoms with Gasteiger partial charge in [0, 0.05) is 17.8 Å². The molecule has 0 fully saturated rings. The van der Waals surface area contributed by atoms with E-state index in [0.717, 1.165) is 28.1 Å². The molecule has 0 aliphatic rings. The van der Waals surface area contributed by atoms with Gasteiger partial charge in [0.2, 0.25) is 0 Å². The predicted molar refractivity (Wildman–Crippen MR) is 81.6 cm³/mol. The van der Waals surface area contributed by atoms with Gasteiger partial charge < -0.3 is 10.4 Å². The first-order valence-corrected chi connectivity index (χ1v) is 6.70. The normalized spacial score (nSPS) is 10.3. The van der Waals surface area contributed by atoms with Crippen molar-refractivity contribution in [3.63, 3.8) is 0 Å². The minimum absolute atomic E-state index is 0.145. The molecule has 2 aromatic carbocycles. The number of nitrogens with one attached hydrogen (secondary N) is 1. The fourth-order valence-corrected chi connectivity index (χ4v) is 2.15. The summed E-state index contributed by atoms with van der Waals surface area (Å²) in [5.41, 5.74) is 5.37. The lowest BCUT2D eigenvalue weighted by atomic mass is 10.0. The summed E-state index contributed by atoms with van der Waals surface area (Å²) >= 11 is 0. The fourth-order valence-electron chi connectivity index (χ4n) is 2.15. The Bertz CT molecular complexity index is 620. The highest BCUT2D eigenvalue weighted by Crippen LogP contribution is 2.25. The summed E-state index contributed by atoms with van der Waals surface area (Å²) in [5, 5.41) is 12.2. The zero-order valence-electron chi connectivity index (χ0n) is 11.8. The van der Waals surface area contributed by atoms with Crippen molar-refractivity contribution >= 4 is 17.3 Å². The minimum atomic E-state index is -0.770. The molecule has 0 bridgehead atoms. The number of hydrogen-bond acceptors (Lipinski definition) is 2. The number of para-hydroxylation sites is 1. The number of benzene rings is 2. The summed E-state index contributed by atoms with van der Waals surface area (Å²) in [5.74, 6) is -0.770. The molecule has 0 radical (unpaired) electrons. The van der Waals surface area contributed by atoms with Crippen LogP contribution >= 0.6 is 0 Å². The smallest absolute Gasteiger partial charge is 0.303 e. The highest BCUT2D eigenvalue weighted by atomic mass is 16.4. The summed E-state index contributed by atoms with van der Waals surface area (Å²) in [7, 11) is 0. The Kier molecular flexibility index (Phi) is 4.41. The van der Waals surface area contributed by atoms with Crippen molar-refractivity contribution in [2.45, 2.75) is 26.7 Å². The number of carbonyl (C=O) groups is 1. The topological polar surface area (TPSA) is 49.3 Å². The Hall–Kier alpha value is -2.29. The molecule has 0 atom stereocenters. The molecule has 0 aromatic heterocycles. The molecular formula is C17H19NO2. The van der Waals surface area contributed by atoms with E-state index in [1.165, 1.54) is 0 Å². The molecule has 0 spiro atoms. The summed E-state index contributed by atoms with van der Waals surface area (Å²) in [4.78, 5) is 10.8. The van der Waals surface area contributed by atoms with E-state index in [1.54, 1.807) is 0 Å². The second-order valence-corrected chi connectivity index (χ2v) is 4.99. The van der Waals surface area contributed by atoms with E-state index in [2.05, 4.69) is 5.32 Å². The third-order valence-electron chi connectivity index (χ3n) is 3.28. The largest absolute Gasteiger partial charge is 0.481 e. The highest BCUT2D eigenvalue weighted by molar-refractivity contribution is 5.70. The predicted octanol–water partition coefficient (Wildman–Crippen LogP) is 4.06. The number of hydrogen-bond donors (Lipinski definition) is 2. The molecule has 2 N–H and O–H groups in total. The van der Waals surface area contributed by atoms with E-state index in [-0.39, 0.29) is 6.42 Å². The molecule has 0 saturated carbocycles. The van der Waals surface area contributed by atoms with Gasteiger partial charge >= 0.3 is 5.97 Å². The maximum Gasteiger partial charge on any atom is 0.303 e. The first-order valence-electron chi connectivity index (χ1n) is 6.70. The van der Waals surface area contributed by atoms with Crippen LogP contribution in [-0.4, -0.2) is 11.1 Å². The molecule has 0 saturated heterocycles. The first kappa shape index (κ1) is 14.1. The molecular weight excluding hydrogens is 250 g/mol.